The number of nitrogens with zero attached hydrogens (tertiary/aromatic N) is 2. The number of nitrogens with one attached hydrogen (secondary N) is 2. The quantitative estimate of drug-likeness (QED) is 0.336. The molecule has 4 aromatic rings. The molecule has 0 spiro atoms. The summed E-state index contributed by atoms with van der Waals surface area (Å²) < 4.78 is 0. The summed E-state index contributed by atoms with van der Waals surface area (Å²) in [5.41, 5.74) is 7.05. The second-order valence-electron chi connectivity index (χ2n) is 7.10. The summed E-state index contributed by atoms with van der Waals surface area (Å²) in [4.78, 5) is 23.0. The van der Waals surface area contributed by atoms with Gasteiger partial charge in [-0.05, 0) is 23.8 Å². The molecule has 1 heterocycles. The molecule has 1 amide bonds. The predicted molar refractivity (Wildman–Crippen MR) is 113 cm³/mol. The van der Waals surface area contributed by atoms with E-state index in [0.717, 1.165) is 33.6 Å². The first-order chi connectivity index (χ1) is 14.6. The lowest BCUT2D eigenvalue weighted by Gasteiger charge is -2.08. The summed E-state index contributed by atoms with van der Waals surface area (Å²) in [6.07, 6.45) is 0.714. The summed E-state index contributed by atoms with van der Waals surface area (Å²) >= 11 is 0. The molecule has 0 aliphatic heterocycles. The number of nitro benzene ring substituents is 1. The van der Waals surface area contributed by atoms with Gasteiger partial charge in [-0.1, -0.05) is 42.5 Å². The number of carbonyl (C=O) groups excluding carboxylic acids is 1. The molecular weight excluding hydrogens is 380 g/mol. The van der Waals surface area contributed by atoms with Crippen molar-refractivity contribution in [2.75, 3.05) is 5.32 Å². The van der Waals surface area contributed by atoms with Crippen molar-refractivity contribution < 1.29 is 9.72 Å². The maximum absolute atomic E-state index is 12.5. The Morgan fingerprint density at radius 2 is 1.87 bits per heavy atom. The first-order valence-corrected chi connectivity index (χ1v) is 9.42. The first kappa shape index (κ1) is 17.8. The third-order valence-electron chi connectivity index (χ3n) is 5.23. The van der Waals surface area contributed by atoms with Gasteiger partial charge in [-0.25, -0.2) is 0 Å². The molecule has 30 heavy (non-hydrogen) atoms. The Morgan fingerprint density at radius 1 is 1.03 bits per heavy atom. The zero-order valence-corrected chi connectivity index (χ0v) is 15.8. The average Bonchev–Trinajstić information content (AvgIpc) is 3.33. The number of fused-ring (bicyclic) bond motifs is 3. The number of benzene rings is 3. The fourth-order valence-electron chi connectivity index (χ4n) is 3.81. The highest BCUT2D eigenvalue weighted by molar-refractivity contribution is 6.05. The molecule has 146 valence electrons. The first-order valence-electron chi connectivity index (χ1n) is 9.42. The number of carbonyl (C=O) groups is 1. The van der Waals surface area contributed by atoms with Crippen molar-refractivity contribution in [1.82, 2.24) is 10.2 Å². The minimum atomic E-state index is -0.516. The Bertz CT molecular complexity index is 1300. The van der Waals surface area contributed by atoms with E-state index in [2.05, 4.69) is 15.5 Å². The van der Waals surface area contributed by atoms with Crippen LogP contribution in [0.5, 0.6) is 0 Å². The molecule has 0 saturated heterocycles. The molecule has 5 rings (SSSR count). The summed E-state index contributed by atoms with van der Waals surface area (Å²) in [6.45, 7) is 0. The number of rotatable bonds is 4. The van der Waals surface area contributed by atoms with Crippen LogP contribution in [0, 0.1) is 10.1 Å². The molecular formula is C23H16N4O3. The highest BCUT2D eigenvalue weighted by Crippen LogP contribution is 2.40. The topological polar surface area (TPSA) is 101 Å². The summed E-state index contributed by atoms with van der Waals surface area (Å²) in [5, 5.41) is 21.4. The standard InChI is InChI=1S/C23H16N4O3/c28-23(15-7-4-8-18(12-15)27(29)30)24-17-9-10-19-16(11-17)13-20-21(25-26-22(19)20)14-5-2-1-3-6-14/h1-12H,13H2,(H,24,28)(H,25,26). The van der Waals surface area contributed by atoms with Crippen molar-refractivity contribution in [3.63, 3.8) is 0 Å². The monoisotopic (exact) mass is 396 g/mol. The molecule has 0 fully saturated rings. The van der Waals surface area contributed by atoms with E-state index < -0.39 is 4.92 Å². The van der Waals surface area contributed by atoms with Gasteiger partial charge in [-0.15, -0.1) is 0 Å². The van der Waals surface area contributed by atoms with Gasteiger partial charge in [-0.2, -0.15) is 5.10 Å². The highest BCUT2D eigenvalue weighted by atomic mass is 16.6. The third kappa shape index (κ3) is 3.02. The number of H-pyrrole nitrogens is 1. The molecule has 0 radical (unpaired) electrons. The van der Waals surface area contributed by atoms with Gasteiger partial charge in [0, 0.05) is 46.5 Å². The van der Waals surface area contributed by atoms with Crippen molar-refractivity contribution in [3.8, 4) is 22.5 Å². The van der Waals surface area contributed by atoms with Crippen molar-refractivity contribution in [2.45, 2.75) is 6.42 Å². The second kappa shape index (κ2) is 6.97. The zero-order chi connectivity index (χ0) is 20.7. The summed E-state index contributed by atoms with van der Waals surface area (Å²) in [5.74, 6) is -0.387. The number of amides is 1. The van der Waals surface area contributed by atoms with Crippen LogP contribution in [0.25, 0.3) is 22.5 Å². The zero-order valence-electron chi connectivity index (χ0n) is 15.8. The highest BCUT2D eigenvalue weighted by Gasteiger charge is 2.25. The SMILES string of the molecule is O=C(Nc1ccc2c(c1)Cc1c(-c3ccccc3)n[nH]c1-2)c1cccc([N+](=O)[O-])c1. The van der Waals surface area contributed by atoms with Crippen LogP contribution in [0.3, 0.4) is 0 Å². The van der Waals surface area contributed by atoms with Gasteiger partial charge in [-0.3, -0.25) is 20.0 Å². The van der Waals surface area contributed by atoms with Gasteiger partial charge < -0.3 is 5.32 Å². The van der Waals surface area contributed by atoms with Crippen molar-refractivity contribution >= 4 is 17.3 Å². The van der Waals surface area contributed by atoms with Crippen LogP contribution in [0.15, 0.2) is 72.8 Å². The van der Waals surface area contributed by atoms with E-state index >= 15 is 0 Å². The van der Waals surface area contributed by atoms with Crippen LogP contribution >= 0.6 is 0 Å². The molecule has 1 aliphatic carbocycles. The summed E-state index contributed by atoms with van der Waals surface area (Å²) in [7, 11) is 0. The van der Waals surface area contributed by atoms with Gasteiger partial charge in [0.25, 0.3) is 11.6 Å². The number of non-ortho nitro benzene ring substituents is 1. The number of anilines is 1. The Kier molecular flexibility index (Phi) is 4.14. The molecule has 7 heteroatoms. The van der Waals surface area contributed by atoms with Gasteiger partial charge in [0.1, 0.15) is 0 Å². The minimum Gasteiger partial charge on any atom is -0.322 e. The summed E-state index contributed by atoms with van der Waals surface area (Å²) in [6, 6.07) is 21.4. The van der Waals surface area contributed by atoms with Crippen LogP contribution in [0.2, 0.25) is 0 Å². The molecule has 3 aromatic carbocycles. The lowest BCUT2D eigenvalue weighted by atomic mass is 10.1. The fraction of sp³-hybridized carbons (Fsp3) is 0.0435. The molecule has 7 nitrogen and oxygen atoms in total. The van der Waals surface area contributed by atoms with Crippen molar-refractivity contribution in [3.05, 3.63) is 99.6 Å². The average molecular weight is 396 g/mol. The Labute approximate surface area is 171 Å². The van der Waals surface area contributed by atoms with Gasteiger partial charge in [0.15, 0.2) is 0 Å². The molecule has 0 atom stereocenters. The van der Waals surface area contributed by atoms with E-state index in [-0.39, 0.29) is 17.2 Å². The van der Waals surface area contributed by atoms with E-state index in [1.165, 1.54) is 18.2 Å². The van der Waals surface area contributed by atoms with Crippen LogP contribution in [-0.2, 0) is 6.42 Å². The van der Waals surface area contributed by atoms with E-state index in [1.807, 2.05) is 48.5 Å². The Balaban J connectivity index is 1.40. The fourth-order valence-corrected chi connectivity index (χ4v) is 3.81. The number of hydrogen-bond donors (Lipinski definition) is 2. The van der Waals surface area contributed by atoms with Crippen LogP contribution in [0.4, 0.5) is 11.4 Å². The Hall–Kier alpha value is -4.26. The molecule has 1 aliphatic rings. The van der Waals surface area contributed by atoms with Crippen LogP contribution < -0.4 is 5.32 Å². The number of aromatic amines is 1. The lowest BCUT2D eigenvalue weighted by Crippen LogP contribution is -2.12. The van der Waals surface area contributed by atoms with Gasteiger partial charge >= 0.3 is 0 Å². The number of aromatic nitrogens is 2. The van der Waals surface area contributed by atoms with Crippen molar-refractivity contribution in [2.24, 2.45) is 0 Å². The molecule has 0 unspecified atom stereocenters. The minimum absolute atomic E-state index is 0.115. The van der Waals surface area contributed by atoms with E-state index in [9.17, 15) is 14.9 Å². The van der Waals surface area contributed by atoms with Crippen LogP contribution in [-0.4, -0.2) is 21.0 Å². The predicted octanol–water partition coefficient (Wildman–Crippen LogP) is 4.81. The lowest BCUT2D eigenvalue weighted by molar-refractivity contribution is -0.384. The normalized spacial score (nSPS) is 11.6. The largest absolute Gasteiger partial charge is 0.322 e. The Morgan fingerprint density at radius 3 is 2.67 bits per heavy atom. The van der Waals surface area contributed by atoms with Gasteiger partial charge in [0.05, 0.1) is 16.3 Å². The van der Waals surface area contributed by atoms with Crippen molar-refractivity contribution in [1.29, 1.82) is 0 Å². The van der Waals surface area contributed by atoms with E-state index in [1.54, 1.807) is 6.07 Å². The van der Waals surface area contributed by atoms with E-state index in [0.29, 0.717) is 12.1 Å². The third-order valence-corrected chi connectivity index (χ3v) is 5.23. The molecule has 0 saturated carbocycles. The second-order valence-corrected chi connectivity index (χ2v) is 7.10. The maximum atomic E-state index is 12.5. The molecule has 2 N–H and O–H groups in total. The molecule has 1 aromatic heterocycles. The maximum Gasteiger partial charge on any atom is 0.270 e. The van der Waals surface area contributed by atoms with Gasteiger partial charge in [0.2, 0.25) is 0 Å². The number of nitro groups is 1. The number of hydrogen-bond acceptors (Lipinski definition) is 4. The molecule has 0 bridgehead atoms. The van der Waals surface area contributed by atoms with Crippen LogP contribution in [0.1, 0.15) is 21.5 Å². The smallest absolute Gasteiger partial charge is 0.270 e. The van der Waals surface area contributed by atoms with E-state index in [4.69, 9.17) is 0 Å².